The molecular formula is C21H23FN4O2S. The molecule has 0 fully saturated rings. The normalized spacial score (nSPS) is 10.7. The second-order valence-corrected chi connectivity index (χ2v) is 6.99. The molecule has 0 saturated heterocycles. The van der Waals surface area contributed by atoms with Crippen LogP contribution >= 0.6 is 12.2 Å². The van der Waals surface area contributed by atoms with Crippen molar-refractivity contribution in [3.05, 3.63) is 59.8 Å². The maximum Gasteiger partial charge on any atom is 0.276 e. The highest BCUT2D eigenvalue weighted by Gasteiger charge is 2.17. The lowest BCUT2D eigenvalue weighted by Gasteiger charge is -2.12. The van der Waals surface area contributed by atoms with Crippen LogP contribution in [0.1, 0.15) is 42.4 Å². The molecule has 0 spiro atoms. The Morgan fingerprint density at radius 3 is 2.86 bits per heavy atom. The predicted molar refractivity (Wildman–Crippen MR) is 115 cm³/mol. The number of anilines is 1. The molecular weight excluding hydrogens is 391 g/mol. The van der Waals surface area contributed by atoms with Crippen molar-refractivity contribution in [3.8, 4) is 5.75 Å². The monoisotopic (exact) mass is 414 g/mol. The number of fused-ring (bicyclic) bond motifs is 1. The van der Waals surface area contributed by atoms with E-state index in [1.54, 1.807) is 29.7 Å². The SMILES string of the molecule is CCCCCOc1ccc(NC(=S)NC(=O)c2c(C)nc3ccccn23)cc1F. The van der Waals surface area contributed by atoms with Gasteiger partial charge in [-0.3, -0.25) is 14.5 Å². The van der Waals surface area contributed by atoms with Gasteiger partial charge in [0.15, 0.2) is 16.7 Å². The van der Waals surface area contributed by atoms with Gasteiger partial charge in [-0.05, 0) is 49.8 Å². The fourth-order valence-electron chi connectivity index (χ4n) is 2.94. The summed E-state index contributed by atoms with van der Waals surface area (Å²) in [5.41, 5.74) is 2.08. The Bertz CT molecular complexity index is 1030. The number of hydrogen-bond acceptors (Lipinski definition) is 4. The molecule has 0 aliphatic rings. The van der Waals surface area contributed by atoms with Crippen molar-refractivity contribution in [2.75, 3.05) is 11.9 Å². The second kappa shape index (κ2) is 9.47. The van der Waals surface area contributed by atoms with Gasteiger partial charge in [0.1, 0.15) is 11.3 Å². The van der Waals surface area contributed by atoms with Crippen LogP contribution in [0.4, 0.5) is 10.1 Å². The third kappa shape index (κ3) is 5.08. The first-order chi connectivity index (χ1) is 14.0. The number of nitrogens with one attached hydrogen (secondary N) is 2. The molecule has 1 amide bonds. The standard InChI is InChI=1S/C21H23FN4O2S/c1-3-4-7-12-28-17-10-9-15(13-16(17)22)24-21(29)25-20(27)19-14(2)23-18-8-5-6-11-26(18)19/h5-6,8-11,13H,3-4,7,12H2,1-2H3,(H2,24,25,27,29). The zero-order valence-electron chi connectivity index (χ0n) is 16.4. The van der Waals surface area contributed by atoms with Crippen LogP contribution in [-0.4, -0.2) is 27.0 Å². The van der Waals surface area contributed by atoms with Crippen molar-refractivity contribution in [2.24, 2.45) is 0 Å². The molecule has 2 N–H and O–H groups in total. The highest BCUT2D eigenvalue weighted by Crippen LogP contribution is 2.21. The van der Waals surface area contributed by atoms with Crippen LogP contribution < -0.4 is 15.4 Å². The maximum absolute atomic E-state index is 14.2. The molecule has 0 radical (unpaired) electrons. The largest absolute Gasteiger partial charge is 0.491 e. The summed E-state index contributed by atoms with van der Waals surface area (Å²) in [6.45, 7) is 4.33. The summed E-state index contributed by atoms with van der Waals surface area (Å²) < 4.78 is 21.4. The Morgan fingerprint density at radius 2 is 2.10 bits per heavy atom. The Morgan fingerprint density at radius 1 is 1.28 bits per heavy atom. The zero-order chi connectivity index (χ0) is 20.8. The number of carbonyl (C=O) groups is 1. The number of aryl methyl sites for hydroxylation is 1. The Labute approximate surface area is 174 Å². The van der Waals surface area contributed by atoms with Gasteiger partial charge in [0.25, 0.3) is 5.91 Å². The minimum atomic E-state index is -0.488. The van der Waals surface area contributed by atoms with Gasteiger partial charge in [-0.25, -0.2) is 9.37 Å². The first kappa shape index (κ1) is 20.7. The number of aromatic nitrogens is 2. The average molecular weight is 415 g/mol. The fraction of sp³-hybridized carbons (Fsp3) is 0.286. The van der Waals surface area contributed by atoms with E-state index < -0.39 is 11.7 Å². The third-order valence-electron chi connectivity index (χ3n) is 4.34. The van der Waals surface area contributed by atoms with Crippen LogP contribution in [0.25, 0.3) is 5.65 Å². The molecule has 2 heterocycles. The van der Waals surface area contributed by atoms with Gasteiger partial charge in [-0.1, -0.05) is 25.8 Å². The van der Waals surface area contributed by atoms with E-state index in [2.05, 4.69) is 22.5 Å². The number of carbonyl (C=O) groups excluding carboxylic acids is 1. The number of hydrogen-bond donors (Lipinski definition) is 2. The molecule has 3 rings (SSSR count). The van der Waals surface area contributed by atoms with Gasteiger partial charge in [0.05, 0.1) is 12.3 Å². The lowest BCUT2D eigenvalue weighted by atomic mass is 10.2. The van der Waals surface area contributed by atoms with Crippen molar-refractivity contribution < 1.29 is 13.9 Å². The second-order valence-electron chi connectivity index (χ2n) is 6.58. The molecule has 1 aromatic carbocycles. The predicted octanol–water partition coefficient (Wildman–Crippen LogP) is 4.48. The fourth-order valence-corrected chi connectivity index (χ4v) is 3.15. The number of amides is 1. The van der Waals surface area contributed by atoms with Crippen LogP contribution in [0.3, 0.4) is 0 Å². The lowest BCUT2D eigenvalue weighted by Crippen LogP contribution is -2.35. The number of benzene rings is 1. The third-order valence-corrected chi connectivity index (χ3v) is 4.55. The minimum Gasteiger partial charge on any atom is -0.491 e. The molecule has 2 aromatic heterocycles. The number of thiocarbonyl (C=S) groups is 1. The van der Waals surface area contributed by atoms with E-state index in [0.717, 1.165) is 19.3 Å². The zero-order valence-corrected chi connectivity index (χ0v) is 17.2. The Hall–Kier alpha value is -3.00. The smallest absolute Gasteiger partial charge is 0.276 e. The summed E-state index contributed by atoms with van der Waals surface area (Å²) in [7, 11) is 0. The van der Waals surface area contributed by atoms with Crippen LogP contribution in [0, 0.1) is 12.7 Å². The van der Waals surface area contributed by atoms with E-state index in [1.165, 1.54) is 6.07 Å². The van der Waals surface area contributed by atoms with Gasteiger partial charge >= 0.3 is 0 Å². The topological polar surface area (TPSA) is 67.7 Å². The van der Waals surface area contributed by atoms with Crippen LogP contribution in [0.5, 0.6) is 5.75 Å². The highest BCUT2D eigenvalue weighted by molar-refractivity contribution is 7.80. The highest BCUT2D eigenvalue weighted by atomic mass is 32.1. The van der Waals surface area contributed by atoms with E-state index in [4.69, 9.17) is 17.0 Å². The quantitative estimate of drug-likeness (QED) is 0.441. The summed E-state index contributed by atoms with van der Waals surface area (Å²) >= 11 is 5.20. The number of imidazole rings is 1. The first-order valence-corrected chi connectivity index (χ1v) is 9.88. The van der Waals surface area contributed by atoms with Crippen molar-refractivity contribution in [2.45, 2.75) is 33.1 Å². The lowest BCUT2D eigenvalue weighted by molar-refractivity contribution is 0.0971. The van der Waals surface area contributed by atoms with Gasteiger partial charge in [0, 0.05) is 18.0 Å². The minimum absolute atomic E-state index is 0.0660. The molecule has 6 nitrogen and oxygen atoms in total. The Balaban J connectivity index is 1.62. The molecule has 8 heteroatoms. The Kier molecular flexibility index (Phi) is 6.77. The molecule has 0 atom stereocenters. The van der Waals surface area contributed by atoms with Crippen LogP contribution in [0.15, 0.2) is 42.6 Å². The number of pyridine rings is 1. The number of ether oxygens (including phenoxy) is 1. The van der Waals surface area contributed by atoms with Gasteiger partial charge in [-0.15, -0.1) is 0 Å². The summed E-state index contributed by atoms with van der Waals surface area (Å²) in [5.74, 6) is -0.684. The van der Waals surface area contributed by atoms with Crippen LogP contribution in [-0.2, 0) is 0 Å². The van der Waals surface area contributed by atoms with Crippen molar-refractivity contribution in [1.82, 2.24) is 14.7 Å². The summed E-state index contributed by atoms with van der Waals surface area (Å²) in [4.78, 5) is 17.0. The van der Waals surface area contributed by atoms with Crippen molar-refractivity contribution >= 4 is 34.6 Å². The van der Waals surface area contributed by atoms with Gasteiger partial charge < -0.3 is 10.1 Å². The number of nitrogens with zero attached hydrogens (tertiary/aromatic N) is 2. The van der Waals surface area contributed by atoms with Crippen LogP contribution in [0.2, 0.25) is 0 Å². The molecule has 152 valence electrons. The number of halogens is 1. The average Bonchev–Trinajstić information content (AvgIpc) is 3.02. The summed E-state index contributed by atoms with van der Waals surface area (Å²) in [5, 5.41) is 5.50. The molecule has 0 aliphatic heterocycles. The molecule has 0 bridgehead atoms. The van der Waals surface area contributed by atoms with Gasteiger partial charge in [0.2, 0.25) is 0 Å². The molecule has 3 aromatic rings. The van der Waals surface area contributed by atoms with E-state index in [-0.39, 0.29) is 10.9 Å². The van der Waals surface area contributed by atoms with Crippen molar-refractivity contribution in [1.29, 1.82) is 0 Å². The molecule has 0 unspecified atom stereocenters. The first-order valence-electron chi connectivity index (χ1n) is 9.48. The van der Waals surface area contributed by atoms with Crippen molar-refractivity contribution in [3.63, 3.8) is 0 Å². The van der Waals surface area contributed by atoms with E-state index in [9.17, 15) is 9.18 Å². The summed E-state index contributed by atoms with van der Waals surface area (Å²) in [6, 6.07) is 9.96. The number of unbranched alkanes of at least 4 members (excludes halogenated alkanes) is 2. The number of rotatable bonds is 7. The summed E-state index contributed by atoms with van der Waals surface area (Å²) in [6.07, 6.45) is 4.76. The molecule has 0 saturated carbocycles. The van der Waals surface area contributed by atoms with E-state index >= 15 is 0 Å². The van der Waals surface area contributed by atoms with Gasteiger partial charge in [-0.2, -0.15) is 0 Å². The maximum atomic E-state index is 14.2. The van der Waals surface area contributed by atoms with E-state index in [0.29, 0.717) is 29.3 Å². The molecule has 29 heavy (non-hydrogen) atoms. The van der Waals surface area contributed by atoms with E-state index in [1.807, 2.05) is 18.2 Å². The molecule has 0 aliphatic carbocycles.